The first kappa shape index (κ1) is 13.0. The molecule has 0 saturated carbocycles. The van der Waals surface area contributed by atoms with Crippen molar-refractivity contribution in [3.05, 3.63) is 35.4 Å². The van der Waals surface area contributed by atoms with Crippen LogP contribution >= 0.6 is 11.8 Å². The maximum Gasteiger partial charge on any atom is 0.0158 e. The first-order chi connectivity index (χ1) is 8.33. The van der Waals surface area contributed by atoms with Crippen LogP contribution in [0.25, 0.3) is 0 Å². The highest BCUT2D eigenvalue weighted by Gasteiger charge is 2.19. The summed E-state index contributed by atoms with van der Waals surface area (Å²) < 4.78 is 0. The third kappa shape index (κ3) is 3.49. The summed E-state index contributed by atoms with van der Waals surface area (Å²) in [5, 5.41) is 3.83. The van der Waals surface area contributed by atoms with Gasteiger partial charge in [-0.05, 0) is 43.1 Å². The van der Waals surface area contributed by atoms with Crippen LogP contribution in [-0.2, 0) is 12.8 Å². The molecule has 0 saturated heterocycles. The van der Waals surface area contributed by atoms with Crippen molar-refractivity contribution in [2.24, 2.45) is 0 Å². The quantitative estimate of drug-likeness (QED) is 0.859. The molecule has 2 heteroatoms. The monoisotopic (exact) mass is 249 g/mol. The minimum atomic E-state index is 0.681. The first-order valence-corrected chi connectivity index (χ1v) is 8.04. The smallest absolute Gasteiger partial charge is 0.0158 e. The van der Waals surface area contributed by atoms with Crippen LogP contribution in [0.5, 0.6) is 0 Å². The van der Waals surface area contributed by atoms with E-state index in [9.17, 15) is 0 Å². The Hall–Kier alpha value is -0.470. The van der Waals surface area contributed by atoms with Crippen LogP contribution in [-0.4, -0.2) is 24.1 Å². The first-order valence-electron chi connectivity index (χ1n) is 6.65. The lowest BCUT2D eigenvalue weighted by Gasteiger charge is -2.29. The van der Waals surface area contributed by atoms with E-state index in [0.29, 0.717) is 12.1 Å². The van der Waals surface area contributed by atoms with E-state index in [1.54, 1.807) is 11.1 Å². The van der Waals surface area contributed by atoms with E-state index in [0.717, 1.165) is 0 Å². The molecule has 0 bridgehead atoms. The molecule has 0 fully saturated rings. The molecule has 0 amide bonds. The van der Waals surface area contributed by atoms with E-state index in [2.05, 4.69) is 42.8 Å². The third-order valence-electron chi connectivity index (χ3n) is 3.68. The number of fused-ring (bicyclic) bond motifs is 1. The molecule has 17 heavy (non-hydrogen) atoms. The van der Waals surface area contributed by atoms with Crippen LogP contribution in [0.2, 0.25) is 0 Å². The van der Waals surface area contributed by atoms with Crippen molar-refractivity contribution in [2.45, 2.75) is 44.7 Å². The van der Waals surface area contributed by atoms with Gasteiger partial charge in [-0.3, -0.25) is 0 Å². The molecule has 0 spiro atoms. The minimum Gasteiger partial charge on any atom is -0.310 e. The molecule has 1 N–H and O–H groups in total. The molecule has 0 aliphatic heterocycles. The lowest BCUT2D eigenvalue weighted by Crippen LogP contribution is -2.42. The largest absolute Gasteiger partial charge is 0.310 e. The summed E-state index contributed by atoms with van der Waals surface area (Å²) in [7, 11) is 0. The summed E-state index contributed by atoms with van der Waals surface area (Å²) in [4.78, 5) is 0. The Kier molecular flexibility index (Phi) is 4.93. The normalized spacial score (nSPS) is 20.9. The number of nitrogens with one attached hydrogen (secondary N) is 1. The van der Waals surface area contributed by atoms with E-state index in [1.165, 1.54) is 31.4 Å². The summed E-state index contributed by atoms with van der Waals surface area (Å²) in [5.74, 6) is 1.23. The Morgan fingerprint density at radius 2 is 2.12 bits per heavy atom. The second-order valence-corrected chi connectivity index (χ2v) is 5.85. The fourth-order valence-corrected chi connectivity index (χ4v) is 3.39. The second-order valence-electron chi connectivity index (χ2n) is 4.94. The Morgan fingerprint density at radius 3 is 2.82 bits per heavy atom. The Balaban J connectivity index is 1.93. The maximum absolute atomic E-state index is 3.83. The number of benzene rings is 1. The maximum atomic E-state index is 3.83. The van der Waals surface area contributed by atoms with Crippen molar-refractivity contribution in [3.8, 4) is 0 Å². The molecule has 0 heterocycles. The summed E-state index contributed by atoms with van der Waals surface area (Å²) in [6.45, 7) is 2.28. The van der Waals surface area contributed by atoms with Gasteiger partial charge >= 0.3 is 0 Å². The minimum absolute atomic E-state index is 0.681. The second kappa shape index (κ2) is 6.46. The van der Waals surface area contributed by atoms with Crippen LogP contribution in [0.4, 0.5) is 0 Å². The Morgan fingerprint density at radius 1 is 1.35 bits per heavy atom. The molecule has 2 unspecified atom stereocenters. The van der Waals surface area contributed by atoms with Gasteiger partial charge in [0.25, 0.3) is 0 Å². The number of aryl methyl sites for hydroxylation is 1. The van der Waals surface area contributed by atoms with Gasteiger partial charge < -0.3 is 5.32 Å². The molecule has 1 nitrogen and oxygen atoms in total. The van der Waals surface area contributed by atoms with Gasteiger partial charge in [0.15, 0.2) is 0 Å². The highest BCUT2D eigenvalue weighted by Crippen LogP contribution is 2.21. The molecular formula is C15H23NS. The van der Waals surface area contributed by atoms with Crippen molar-refractivity contribution in [1.29, 1.82) is 0 Å². The van der Waals surface area contributed by atoms with E-state index >= 15 is 0 Å². The lowest BCUT2D eigenvalue weighted by atomic mass is 9.88. The van der Waals surface area contributed by atoms with Gasteiger partial charge in [0.05, 0.1) is 0 Å². The van der Waals surface area contributed by atoms with Crippen LogP contribution in [0.1, 0.15) is 30.9 Å². The molecule has 94 valence electrons. The van der Waals surface area contributed by atoms with Crippen LogP contribution < -0.4 is 5.32 Å². The number of thioether (sulfide) groups is 1. The molecule has 1 aromatic rings. The van der Waals surface area contributed by atoms with Gasteiger partial charge in [-0.2, -0.15) is 11.8 Å². The highest BCUT2D eigenvalue weighted by molar-refractivity contribution is 7.98. The molecule has 2 atom stereocenters. The molecule has 0 radical (unpaired) electrons. The van der Waals surface area contributed by atoms with Gasteiger partial charge in [0.1, 0.15) is 0 Å². The van der Waals surface area contributed by atoms with Gasteiger partial charge in [-0.15, -0.1) is 0 Å². The highest BCUT2D eigenvalue weighted by atomic mass is 32.2. The number of hydrogen-bond acceptors (Lipinski definition) is 2. The average Bonchev–Trinajstić information content (AvgIpc) is 2.38. The number of rotatable bonds is 5. The molecule has 2 rings (SSSR count). The SMILES string of the molecule is CCC(CSC)NC1CCc2ccccc2C1. The van der Waals surface area contributed by atoms with Crippen molar-refractivity contribution < 1.29 is 0 Å². The Bertz CT molecular complexity index is 351. The summed E-state index contributed by atoms with van der Waals surface area (Å²) >= 11 is 1.95. The van der Waals surface area contributed by atoms with E-state index in [-0.39, 0.29) is 0 Å². The van der Waals surface area contributed by atoms with Gasteiger partial charge in [0, 0.05) is 17.8 Å². The van der Waals surface area contributed by atoms with E-state index < -0.39 is 0 Å². The van der Waals surface area contributed by atoms with Gasteiger partial charge in [0.2, 0.25) is 0 Å². The van der Waals surface area contributed by atoms with Crippen molar-refractivity contribution >= 4 is 11.8 Å². The van der Waals surface area contributed by atoms with Crippen LogP contribution in [0, 0.1) is 0 Å². The summed E-state index contributed by atoms with van der Waals surface area (Å²) in [5.41, 5.74) is 3.11. The summed E-state index contributed by atoms with van der Waals surface area (Å²) in [6.07, 6.45) is 7.17. The summed E-state index contributed by atoms with van der Waals surface area (Å²) in [6, 6.07) is 10.3. The number of hydrogen-bond donors (Lipinski definition) is 1. The van der Waals surface area contributed by atoms with Crippen molar-refractivity contribution in [2.75, 3.05) is 12.0 Å². The molecular weight excluding hydrogens is 226 g/mol. The predicted octanol–water partition coefficient (Wildman–Crippen LogP) is 3.28. The third-order valence-corrected chi connectivity index (χ3v) is 4.41. The van der Waals surface area contributed by atoms with E-state index in [4.69, 9.17) is 0 Å². The average molecular weight is 249 g/mol. The fourth-order valence-electron chi connectivity index (χ4n) is 2.66. The lowest BCUT2D eigenvalue weighted by molar-refractivity contribution is 0.404. The zero-order valence-electron chi connectivity index (χ0n) is 10.9. The van der Waals surface area contributed by atoms with Crippen molar-refractivity contribution in [3.63, 3.8) is 0 Å². The molecule has 1 aliphatic rings. The standard InChI is InChI=1S/C15H23NS/c1-3-14(11-17-2)16-15-9-8-12-6-4-5-7-13(12)10-15/h4-7,14-16H,3,8-11H2,1-2H3. The Labute approximate surface area is 109 Å². The molecule has 0 aromatic heterocycles. The zero-order valence-corrected chi connectivity index (χ0v) is 11.7. The van der Waals surface area contributed by atoms with Crippen LogP contribution in [0.15, 0.2) is 24.3 Å². The topological polar surface area (TPSA) is 12.0 Å². The predicted molar refractivity (Wildman–Crippen MR) is 77.9 cm³/mol. The van der Waals surface area contributed by atoms with Crippen LogP contribution in [0.3, 0.4) is 0 Å². The molecule has 1 aromatic carbocycles. The molecule has 1 aliphatic carbocycles. The van der Waals surface area contributed by atoms with Crippen molar-refractivity contribution in [1.82, 2.24) is 5.32 Å². The fraction of sp³-hybridized carbons (Fsp3) is 0.600. The van der Waals surface area contributed by atoms with Gasteiger partial charge in [-0.25, -0.2) is 0 Å². The van der Waals surface area contributed by atoms with Gasteiger partial charge in [-0.1, -0.05) is 31.2 Å². The zero-order chi connectivity index (χ0) is 12.1. The van der Waals surface area contributed by atoms with E-state index in [1.807, 2.05) is 11.8 Å².